The van der Waals surface area contributed by atoms with Crippen molar-refractivity contribution in [3.05, 3.63) is 124 Å². The van der Waals surface area contributed by atoms with Gasteiger partial charge >= 0.3 is 201 Å². The van der Waals surface area contributed by atoms with Crippen LogP contribution in [0.25, 0.3) is 0 Å². The molecule has 0 saturated carbocycles. The third-order valence-corrected chi connectivity index (χ3v) is 17.0. The topological polar surface area (TPSA) is 0 Å². The number of halogens is 3. The molecule has 0 aliphatic heterocycles. The molecule has 0 radical (unpaired) electrons. The van der Waals surface area contributed by atoms with E-state index < -0.39 is 6.60 Å². The Morgan fingerprint density at radius 2 is 1.03 bits per heavy atom. The van der Waals surface area contributed by atoms with Gasteiger partial charge in [-0.15, -0.1) is 0 Å². The Morgan fingerprint density at radius 1 is 0.600 bits per heavy atom. The van der Waals surface area contributed by atoms with Gasteiger partial charge in [0.15, 0.2) is 0 Å². The number of benzene rings is 4. The second-order valence-corrected chi connectivity index (χ2v) is 15.3. The van der Waals surface area contributed by atoms with Crippen LogP contribution in [0.1, 0.15) is 5.56 Å². The van der Waals surface area contributed by atoms with Crippen LogP contribution in [0.2, 0.25) is 5.02 Å². The second kappa shape index (κ2) is 8.97. The second-order valence-electron chi connectivity index (χ2n) is 7.50. The zero-order chi connectivity index (χ0) is 21.1. The van der Waals surface area contributed by atoms with Crippen molar-refractivity contribution in [3.63, 3.8) is 0 Å². The van der Waals surface area contributed by atoms with Gasteiger partial charge in [-0.3, -0.25) is 0 Å². The fourth-order valence-corrected chi connectivity index (χ4v) is 14.0. The van der Waals surface area contributed by atoms with Gasteiger partial charge in [-0.1, -0.05) is 0 Å². The molecule has 0 aliphatic carbocycles. The van der Waals surface area contributed by atoms with Crippen molar-refractivity contribution in [2.75, 3.05) is 5.07 Å². The van der Waals surface area contributed by atoms with Crippen molar-refractivity contribution in [1.82, 2.24) is 0 Å². The van der Waals surface area contributed by atoms with Crippen LogP contribution in [0.15, 0.2) is 114 Å². The normalized spacial score (nSPS) is 12.8. The molecule has 0 bridgehead atoms. The molecule has 0 atom stereocenters. The van der Waals surface area contributed by atoms with Crippen LogP contribution in [-0.4, -0.2) is 5.07 Å². The fraction of sp³-hybridized carbons (Fsp3) is 0.0769. The van der Waals surface area contributed by atoms with Crippen molar-refractivity contribution in [2.24, 2.45) is 0 Å². The molecule has 4 rings (SSSR count). The average Bonchev–Trinajstić information content (AvgIpc) is 2.82. The predicted molar refractivity (Wildman–Crippen MR) is 142 cm³/mol. The van der Waals surface area contributed by atoms with Gasteiger partial charge in [0.2, 0.25) is 0 Å². The summed E-state index contributed by atoms with van der Waals surface area (Å²) in [7, 11) is 0. The third kappa shape index (κ3) is 3.49. The number of hydrogen-bond donors (Lipinski definition) is 0. The van der Waals surface area contributed by atoms with Crippen molar-refractivity contribution >= 4 is 66.0 Å². The molecule has 30 heavy (non-hydrogen) atoms. The summed E-state index contributed by atoms with van der Waals surface area (Å²) >= 11 is 14.4. The molecule has 4 aromatic rings. The number of alkyl halides is 1. The number of rotatable bonds is 6. The van der Waals surface area contributed by atoms with Crippen LogP contribution in [-0.2, 0) is 6.16 Å². The molecule has 0 aromatic heterocycles. The molecule has 0 N–H and O–H groups in total. The standard InChI is InChI=1S/C26H22Br2ClP/c27-20-30(22-12-4-1-5-13-22,23-14-6-2-7-15-23,24-16-8-3-9-17-24)19-21-11-10-18-25(29)26(21)28/h1-18H,19-20H2. The summed E-state index contributed by atoms with van der Waals surface area (Å²) in [5, 5.41) is 5.68. The van der Waals surface area contributed by atoms with Crippen LogP contribution >= 0.6 is 50.1 Å². The van der Waals surface area contributed by atoms with E-state index in [0.29, 0.717) is 0 Å². The SMILES string of the molecule is Clc1cccc(CP(CBr)(c2ccccc2)(c2ccccc2)c2ccccc2)c1Br. The molecule has 0 nitrogen and oxygen atoms in total. The van der Waals surface area contributed by atoms with Crippen LogP contribution in [0.4, 0.5) is 0 Å². The van der Waals surface area contributed by atoms with E-state index in [1.165, 1.54) is 21.5 Å². The molecular weight excluding hydrogens is 539 g/mol. The predicted octanol–water partition coefficient (Wildman–Crippen LogP) is 7.48. The molecule has 4 aromatic carbocycles. The first-order chi connectivity index (χ1) is 14.6. The molecule has 0 aliphatic rings. The Kier molecular flexibility index (Phi) is 6.51. The van der Waals surface area contributed by atoms with E-state index in [0.717, 1.165) is 20.7 Å². The summed E-state index contributed by atoms with van der Waals surface area (Å²) in [4.78, 5) is 0. The minimum atomic E-state index is -2.93. The summed E-state index contributed by atoms with van der Waals surface area (Å²) in [6, 6.07) is 39.1. The summed E-state index contributed by atoms with van der Waals surface area (Å²) in [6.45, 7) is -2.93. The van der Waals surface area contributed by atoms with Crippen molar-refractivity contribution in [1.29, 1.82) is 0 Å². The van der Waals surface area contributed by atoms with Crippen molar-refractivity contribution < 1.29 is 0 Å². The van der Waals surface area contributed by atoms with E-state index in [2.05, 4.69) is 129 Å². The summed E-state index contributed by atoms with van der Waals surface area (Å²) in [5.74, 6) is 0. The zero-order valence-corrected chi connectivity index (χ0v) is 21.2. The maximum atomic E-state index is 6.53. The molecule has 0 saturated heterocycles. The number of hydrogen-bond acceptors (Lipinski definition) is 0. The van der Waals surface area contributed by atoms with Gasteiger partial charge in [0, 0.05) is 0 Å². The molecule has 0 heterocycles. The molecule has 0 fully saturated rings. The van der Waals surface area contributed by atoms with Crippen LogP contribution < -0.4 is 15.9 Å². The van der Waals surface area contributed by atoms with E-state index in [9.17, 15) is 0 Å². The van der Waals surface area contributed by atoms with E-state index in [1.54, 1.807) is 0 Å². The Bertz CT molecular complexity index is 1030. The first kappa shape index (κ1) is 21.8. The Labute approximate surface area is 200 Å². The van der Waals surface area contributed by atoms with Gasteiger partial charge in [0.25, 0.3) is 0 Å². The Balaban J connectivity index is 2.16. The van der Waals surface area contributed by atoms with Crippen LogP contribution in [0.5, 0.6) is 0 Å². The van der Waals surface area contributed by atoms with E-state index in [4.69, 9.17) is 11.6 Å². The van der Waals surface area contributed by atoms with Gasteiger partial charge in [0.05, 0.1) is 0 Å². The van der Waals surface area contributed by atoms with Crippen molar-refractivity contribution in [3.8, 4) is 0 Å². The van der Waals surface area contributed by atoms with Crippen molar-refractivity contribution in [2.45, 2.75) is 6.16 Å². The van der Waals surface area contributed by atoms with E-state index >= 15 is 0 Å². The monoisotopic (exact) mass is 558 g/mol. The minimum absolute atomic E-state index is 0.743. The van der Waals surface area contributed by atoms with Crippen LogP contribution in [0.3, 0.4) is 0 Å². The summed E-state index contributed by atoms with van der Waals surface area (Å²) in [5.41, 5.74) is 1.22. The summed E-state index contributed by atoms with van der Waals surface area (Å²) < 4.78 is 0.976. The van der Waals surface area contributed by atoms with Gasteiger partial charge in [-0.05, 0) is 0 Å². The average molecular weight is 561 g/mol. The first-order valence-corrected chi connectivity index (χ1v) is 14.7. The quantitative estimate of drug-likeness (QED) is 0.169. The molecule has 0 amide bonds. The molecule has 152 valence electrons. The fourth-order valence-electron chi connectivity index (χ4n) is 4.38. The molecule has 0 spiro atoms. The molecule has 0 unspecified atom stereocenters. The maximum absolute atomic E-state index is 6.53. The first-order valence-electron chi connectivity index (χ1n) is 9.78. The Hall–Kier alpha value is -1.44. The zero-order valence-electron chi connectivity index (χ0n) is 16.4. The van der Waals surface area contributed by atoms with Crippen LogP contribution in [0, 0.1) is 0 Å². The van der Waals surface area contributed by atoms with Gasteiger partial charge in [0.1, 0.15) is 0 Å². The molecular formula is C26H22Br2ClP. The third-order valence-electron chi connectivity index (χ3n) is 5.95. The van der Waals surface area contributed by atoms with Gasteiger partial charge in [-0.2, -0.15) is 0 Å². The Morgan fingerprint density at radius 3 is 1.43 bits per heavy atom. The van der Waals surface area contributed by atoms with Gasteiger partial charge in [-0.25, -0.2) is 0 Å². The molecule has 4 heteroatoms. The van der Waals surface area contributed by atoms with E-state index in [-0.39, 0.29) is 0 Å². The summed E-state index contributed by atoms with van der Waals surface area (Å²) in [6.07, 6.45) is 0.871. The van der Waals surface area contributed by atoms with E-state index in [1.807, 2.05) is 12.1 Å². The van der Waals surface area contributed by atoms with Gasteiger partial charge < -0.3 is 0 Å².